The molecule has 5 rings (SSSR count). The fourth-order valence-electron chi connectivity index (χ4n) is 5.27. The Morgan fingerprint density at radius 2 is 1.80 bits per heavy atom. The Bertz CT molecular complexity index is 1180. The summed E-state index contributed by atoms with van der Waals surface area (Å²) in [5.41, 5.74) is 1.98. The molecule has 0 amide bonds. The molecule has 186 valence electrons. The summed E-state index contributed by atoms with van der Waals surface area (Å²) in [6, 6.07) is 16.9. The SMILES string of the molecule is O=S(=O)(NC1CCC(C(O)N2CCNC[C@@H]2c2ccccc2)CC1)c1ccc(-c2cnco2)cc1. The molecular weight excluding hydrogens is 464 g/mol. The summed E-state index contributed by atoms with van der Waals surface area (Å²) in [6.45, 7) is 2.45. The van der Waals surface area contributed by atoms with E-state index in [0.29, 0.717) is 18.6 Å². The molecule has 2 aromatic carbocycles. The van der Waals surface area contributed by atoms with Crippen LogP contribution in [0.1, 0.15) is 37.3 Å². The van der Waals surface area contributed by atoms with Gasteiger partial charge in [0.15, 0.2) is 12.2 Å². The number of nitrogens with one attached hydrogen (secondary N) is 2. The van der Waals surface area contributed by atoms with Gasteiger partial charge in [-0.1, -0.05) is 30.3 Å². The number of hydrogen-bond donors (Lipinski definition) is 3. The van der Waals surface area contributed by atoms with Crippen molar-refractivity contribution < 1.29 is 17.9 Å². The summed E-state index contributed by atoms with van der Waals surface area (Å²) < 4.78 is 34.0. The van der Waals surface area contributed by atoms with E-state index in [1.807, 2.05) is 18.2 Å². The fourth-order valence-corrected chi connectivity index (χ4v) is 6.58. The average molecular weight is 497 g/mol. The van der Waals surface area contributed by atoms with Crippen molar-refractivity contribution in [3.05, 3.63) is 72.8 Å². The summed E-state index contributed by atoms with van der Waals surface area (Å²) in [4.78, 5) is 6.33. The number of rotatable bonds is 7. The van der Waals surface area contributed by atoms with Crippen molar-refractivity contribution in [3.8, 4) is 11.3 Å². The van der Waals surface area contributed by atoms with Gasteiger partial charge in [-0.3, -0.25) is 4.90 Å². The van der Waals surface area contributed by atoms with Gasteiger partial charge in [0.05, 0.1) is 11.1 Å². The second kappa shape index (κ2) is 10.6. The molecule has 1 saturated heterocycles. The summed E-state index contributed by atoms with van der Waals surface area (Å²) >= 11 is 0. The van der Waals surface area contributed by atoms with E-state index < -0.39 is 16.3 Å². The molecule has 0 radical (unpaired) electrons. The van der Waals surface area contributed by atoms with Crippen LogP contribution in [0.15, 0.2) is 76.5 Å². The minimum atomic E-state index is -3.63. The highest BCUT2D eigenvalue weighted by Crippen LogP contribution is 2.33. The lowest BCUT2D eigenvalue weighted by Gasteiger charge is -2.43. The van der Waals surface area contributed by atoms with Crippen molar-refractivity contribution in [2.75, 3.05) is 19.6 Å². The maximum atomic E-state index is 12.9. The van der Waals surface area contributed by atoms with Gasteiger partial charge < -0.3 is 14.8 Å². The monoisotopic (exact) mass is 496 g/mol. The molecular formula is C26H32N4O4S. The van der Waals surface area contributed by atoms with Gasteiger partial charge in [-0.25, -0.2) is 18.1 Å². The Hall–Kier alpha value is -2.56. The van der Waals surface area contributed by atoms with Gasteiger partial charge in [-0.2, -0.15) is 0 Å². The van der Waals surface area contributed by atoms with E-state index in [0.717, 1.165) is 38.0 Å². The second-order valence-corrected chi connectivity index (χ2v) is 11.1. The number of nitrogens with zero attached hydrogens (tertiary/aromatic N) is 2. The molecule has 2 atom stereocenters. The first-order valence-electron chi connectivity index (χ1n) is 12.2. The molecule has 1 aliphatic carbocycles. The first-order valence-corrected chi connectivity index (χ1v) is 13.7. The number of benzene rings is 2. The third-order valence-corrected chi connectivity index (χ3v) is 8.74. The number of piperazine rings is 1. The highest BCUT2D eigenvalue weighted by atomic mass is 32.2. The van der Waals surface area contributed by atoms with Crippen molar-refractivity contribution >= 4 is 10.0 Å². The van der Waals surface area contributed by atoms with E-state index in [1.165, 1.54) is 12.0 Å². The normalized spacial score (nSPS) is 24.8. The Balaban J connectivity index is 1.18. The van der Waals surface area contributed by atoms with Crippen LogP contribution in [0.3, 0.4) is 0 Å². The Morgan fingerprint density at radius 3 is 2.49 bits per heavy atom. The van der Waals surface area contributed by atoms with Crippen LogP contribution in [0.25, 0.3) is 11.3 Å². The van der Waals surface area contributed by atoms with Crippen molar-refractivity contribution in [1.29, 1.82) is 0 Å². The zero-order valence-corrected chi connectivity index (χ0v) is 20.4. The highest BCUT2D eigenvalue weighted by Gasteiger charge is 2.36. The van der Waals surface area contributed by atoms with Crippen molar-refractivity contribution in [2.24, 2.45) is 5.92 Å². The van der Waals surface area contributed by atoms with E-state index in [2.05, 4.69) is 32.1 Å². The molecule has 1 unspecified atom stereocenters. The summed E-state index contributed by atoms with van der Waals surface area (Å²) in [7, 11) is -3.63. The lowest BCUT2D eigenvalue weighted by molar-refractivity contribution is -0.0821. The van der Waals surface area contributed by atoms with E-state index in [-0.39, 0.29) is 22.9 Å². The van der Waals surface area contributed by atoms with Crippen LogP contribution < -0.4 is 10.0 Å². The van der Waals surface area contributed by atoms with E-state index in [1.54, 1.807) is 30.5 Å². The van der Waals surface area contributed by atoms with Gasteiger partial charge in [0.1, 0.15) is 6.23 Å². The van der Waals surface area contributed by atoms with E-state index in [9.17, 15) is 13.5 Å². The second-order valence-electron chi connectivity index (χ2n) is 9.41. The third-order valence-electron chi connectivity index (χ3n) is 7.21. The molecule has 0 spiro atoms. The first kappa shape index (κ1) is 24.1. The lowest BCUT2D eigenvalue weighted by atomic mass is 9.84. The number of oxazole rings is 1. The predicted octanol–water partition coefficient (Wildman–Crippen LogP) is 3.14. The van der Waals surface area contributed by atoms with Crippen LogP contribution in [0.2, 0.25) is 0 Å². The summed E-state index contributed by atoms with van der Waals surface area (Å²) in [5.74, 6) is 0.721. The fraction of sp³-hybridized carbons (Fsp3) is 0.423. The number of aliphatic hydroxyl groups is 1. The molecule has 3 N–H and O–H groups in total. The van der Waals surface area contributed by atoms with Crippen LogP contribution in [-0.2, 0) is 10.0 Å². The standard InChI is InChI=1S/C26H32N4O4S/c31-26(30-15-14-27-16-24(30)19-4-2-1-3-5-19)21-6-10-22(11-7-21)29-35(32,33)23-12-8-20(9-13-23)25-17-28-18-34-25/h1-5,8-9,12-13,17-18,21-22,24,26-27,29,31H,6-7,10-11,14-16H2/t21?,22?,24-,26?/m1/s1. The molecule has 35 heavy (non-hydrogen) atoms. The first-order chi connectivity index (χ1) is 17.0. The van der Waals surface area contributed by atoms with E-state index >= 15 is 0 Å². The Morgan fingerprint density at radius 1 is 1.06 bits per heavy atom. The van der Waals surface area contributed by atoms with Gasteiger partial charge in [-0.05, 0) is 61.4 Å². The molecule has 3 aromatic rings. The maximum Gasteiger partial charge on any atom is 0.240 e. The van der Waals surface area contributed by atoms with Crippen LogP contribution in [0, 0.1) is 5.92 Å². The zero-order valence-electron chi connectivity index (χ0n) is 19.6. The van der Waals surface area contributed by atoms with Crippen molar-refractivity contribution in [3.63, 3.8) is 0 Å². The number of hydrogen-bond acceptors (Lipinski definition) is 7. The van der Waals surface area contributed by atoms with Crippen molar-refractivity contribution in [1.82, 2.24) is 19.9 Å². The lowest BCUT2D eigenvalue weighted by Crippen LogP contribution is -2.53. The van der Waals surface area contributed by atoms with Crippen LogP contribution in [-0.4, -0.2) is 55.3 Å². The summed E-state index contributed by atoms with van der Waals surface area (Å²) in [6.07, 6.45) is 5.38. The smallest absolute Gasteiger partial charge is 0.240 e. The van der Waals surface area contributed by atoms with E-state index in [4.69, 9.17) is 4.42 Å². The zero-order chi connectivity index (χ0) is 24.3. The predicted molar refractivity (Wildman–Crippen MR) is 133 cm³/mol. The topological polar surface area (TPSA) is 108 Å². The molecule has 9 heteroatoms. The molecule has 2 aliphatic rings. The number of aliphatic hydroxyl groups excluding tert-OH is 1. The van der Waals surface area contributed by atoms with Crippen molar-refractivity contribution in [2.45, 2.75) is 48.9 Å². The molecule has 1 saturated carbocycles. The minimum absolute atomic E-state index is 0.126. The van der Waals surface area contributed by atoms with Crippen LogP contribution in [0.4, 0.5) is 0 Å². The third kappa shape index (κ3) is 5.49. The Kier molecular flexibility index (Phi) is 7.31. The van der Waals surface area contributed by atoms with Crippen LogP contribution in [0.5, 0.6) is 0 Å². The van der Waals surface area contributed by atoms with Gasteiger partial charge in [0.25, 0.3) is 0 Å². The average Bonchev–Trinajstić information content (AvgIpc) is 3.44. The summed E-state index contributed by atoms with van der Waals surface area (Å²) in [5, 5.41) is 14.7. The largest absolute Gasteiger partial charge is 0.444 e. The van der Waals surface area contributed by atoms with Gasteiger partial charge in [0.2, 0.25) is 10.0 Å². The Labute approximate surface area is 206 Å². The minimum Gasteiger partial charge on any atom is -0.444 e. The molecule has 1 aliphatic heterocycles. The number of aromatic nitrogens is 1. The maximum absolute atomic E-state index is 12.9. The van der Waals surface area contributed by atoms with Crippen LogP contribution >= 0.6 is 0 Å². The molecule has 2 heterocycles. The molecule has 8 nitrogen and oxygen atoms in total. The van der Waals surface area contributed by atoms with Gasteiger partial charge >= 0.3 is 0 Å². The quantitative estimate of drug-likeness (QED) is 0.461. The molecule has 1 aromatic heterocycles. The molecule has 2 fully saturated rings. The molecule has 0 bridgehead atoms. The highest BCUT2D eigenvalue weighted by molar-refractivity contribution is 7.89. The van der Waals surface area contributed by atoms with Gasteiger partial charge in [0, 0.05) is 37.3 Å². The number of sulfonamides is 1. The van der Waals surface area contributed by atoms with Gasteiger partial charge in [-0.15, -0.1) is 0 Å².